The standard InChI is InChI=1S/C24H26FN5O3/c1-14(31)15-11-30-12-24(6-4-7-24)13-33-23-20(18(25)19(26)17(21(23)30)22(15)32)29-10-9-28-16-5-2-3-8-27-16/h2-3,5,8,11,29H,4,6-7,9-10,12-13,26H2,1H3,(H,27,28). The predicted octanol–water partition coefficient (Wildman–Crippen LogP) is 3.41. The zero-order chi connectivity index (χ0) is 23.2. The Balaban J connectivity index is 1.57. The lowest BCUT2D eigenvalue weighted by molar-refractivity contribution is 0.0477. The van der Waals surface area contributed by atoms with Gasteiger partial charge in [0.15, 0.2) is 17.3 Å². The maximum absolute atomic E-state index is 15.5. The Morgan fingerprint density at radius 2 is 2.09 bits per heavy atom. The highest BCUT2D eigenvalue weighted by molar-refractivity contribution is 6.04. The zero-order valence-electron chi connectivity index (χ0n) is 18.4. The van der Waals surface area contributed by atoms with Gasteiger partial charge in [0.25, 0.3) is 0 Å². The van der Waals surface area contributed by atoms with Crippen LogP contribution in [0, 0.1) is 11.2 Å². The summed E-state index contributed by atoms with van der Waals surface area (Å²) in [5.74, 6) is -0.137. The molecule has 3 aromatic rings. The fourth-order valence-corrected chi connectivity index (χ4v) is 4.75. The predicted molar refractivity (Wildman–Crippen MR) is 126 cm³/mol. The Hall–Kier alpha value is -3.62. The minimum atomic E-state index is -0.746. The average Bonchev–Trinajstić information content (AvgIpc) is 2.95. The molecule has 9 heteroatoms. The van der Waals surface area contributed by atoms with Gasteiger partial charge in [-0.25, -0.2) is 9.37 Å². The van der Waals surface area contributed by atoms with Crippen molar-refractivity contribution in [3.63, 3.8) is 0 Å². The molecule has 2 aromatic heterocycles. The number of benzene rings is 1. The molecule has 2 aliphatic rings. The lowest BCUT2D eigenvalue weighted by Gasteiger charge is -2.40. The third-order valence-corrected chi connectivity index (χ3v) is 6.67. The molecule has 5 rings (SSSR count). The number of nitrogens with two attached hydrogens (primary N) is 1. The van der Waals surface area contributed by atoms with Crippen LogP contribution in [-0.2, 0) is 6.54 Å². The number of Topliss-reactive ketones (excluding diaryl/α,β-unsaturated/α-hetero) is 1. The van der Waals surface area contributed by atoms with E-state index in [1.807, 2.05) is 22.8 Å². The molecule has 1 aliphatic carbocycles. The van der Waals surface area contributed by atoms with Crippen molar-refractivity contribution in [2.45, 2.75) is 32.7 Å². The van der Waals surface area contributed by atoms with E-state index in [4.69, 9.17) is 10.5 Å². The average molecular weight is 452 g/mol. The van der Waals surface area contributed by atoms with Crippen molar-refractivity contribution in [2.24, 2.45) is 5.41 Å². The summed E-state index contributed by atoms with van der Waals surface area (Å²) in [6.45, 7) is 3.18. The van der Waals surface area contributed by atoms with Gasteiger partial charge in [0.1, 0.15) is 11.5 Å². The number of hydrogen-bond donors (Lipinski definition) is 3. The van der Waals surface area contributed by atoms with Crippen LogP contribution in [0.5, 0.6) is 5.75 Å². The topological polar surface area (TPSA) is 111 Å². The minimum Gasteiger partial charge on any atom is -0.488 e. The number of pyridine rings is 2. The number of nitrogen functional groups attached to an aromatic ring is 1. The number of rotatable bonds is 6. The van der Waals surface area contributed by atoms with Crippen LogP contribution in [-0.4, -0.2) is 35.0 Å². The van der Waals surface area contributed by atoms with E-state index in [0.717, 1.165) is 19.3 Å². The Morgan fingerprint density at radius 3 is 2.76 bits per heavy atom. The maximum Gasteiger partial charge on any atom is 0.202 e. The highest BCUT2D eigenvalue weighted by Crippen LogP contribution is 2.48. The van der Waals surface area contributed by atoms with Crippen LogP contribution in [0.1, 0.15) is 36.5 Å². The van der Waals surface area contributed by atoms with Crippen LogP contribution in [0.4, 0.5) is 21.6 Å². The number of halogens is 1. The molecule has 0 unspecified atom stereocenters. The molecule has 33 heavy (non-hydrogen) atoms. The number of ketones is 1. The van der Waals surface area contributed by atoms with Crippen molar-refractivity contribution in [3.8, 4) is 5.75 Å². The van der Waals surface area contributed by atoms with Crippen molar-refractivity contribution in [1.29, 1.82) is 0 Å². The summed E-state index contributed by atoms with van der Waals surface area (Å²) in [5.41, 5.74) is 5.78. The molecule has 0 bridgehead atoms. The van der Waals surface area contributed by atoms with E-state index in [-0.39, 0.29) is 39.3 Å². The minimum absolute atomic E-state index is 0.00346. The van der Waals surface area contributed by atoms with Gasteiger partial charge in [-0.15, -0.1) is 0 Å². The molecule has 172 valence electrons. The highest BCUT2D eigenvalue weighted by atomic mass is 19.1. The van der Waals surface area contributed by atoms with Gasteiger partial charge in [-0.2, -0.15) is 0 Å². The molecule has 8 nitrogen and oxygen atoms in total. The number of carbonyl (C=O) groups excluding carboxylic acids is 1. The number of anilines is 3. The summed E-state index contributed by atoms with van der Waals surface area (Å²) in [7, 11) is 0. The Bertz CT molecular complexity index is 1300. The van der Waals surface area contributed by atoms with Gasteiger partial charge in [0, 0.05) is 37.4 Å². The molecule has 4 N–H and O–H groups in total. The second-order valence-corrected chi connectivity index (χ2v) is 8.92. The van der Waals surface area contributed by atoms with Crippen molar-refractivity contribution < 1.29 is 13.9 Å². The maximum atomic E-state index is 15.5. The largest absolute Gasteiger partial charge is 0.488 e. The molecule has 1 spiro atoms. The van der Waals surface area contributed by atoms with E-state index < -0.39 is 11.2 Å². The molecule has 0 saturated heterocycles. The Morgan fingerprint density at radius 1 is 1.30 bits per heavy atom. The molecule has 0 amide bonds. The number of nitrogens with zero attached hydrogens (tertiary/aromatic N) is 2. The van der Waals surface area contributed by atoms with Crippen molar-refractivity contribution in [1.82, 2.24) is 9.55 Å². The smallest absolute Gasteiger partial charge is 0.202 e. The number of aromatic nitrogens is 2. The van der Waals surface area contributed by atoms with Crippen LogP contribution < -0.4 is 26.5 Å². The fraction of sp³-hybridized carbons (Fsp3) is 0.375. The number of nitrogens with one attached hydrogen (secondary N) is 2. The molecule has 3 heterocycles. The van der Waals surface area contributed by atoms with Gasteiger partial charge in [-0.05, 0) is 31.9 Å². The second-order valence-electron chi connectivity index (χ2n) is 8.92. The van der Waals surface area contributed by atoms with Crippen molar-refractivity contribution in [3.05, 3.63) is 52.2 Å². The molecule has 1 saturated carbocycles. The van der Waals surface area contributed by atoms with Crippen LogP contribution in [0.25, 0.3) is 10.9 Å². The molecular formula is C24H26FN5O3. The summed E-state index contributed by atoms with van der Waals surface area (Å²) in [6.07, 6.45) is 6.29. The van der Waals surface area contributed by atoms with Crippen LogP contribution in [0.15, 0.2) is 35.4 Å². The first-order chi connectivity index (χ1) is 15.9. The number of carbonyl (C=O) groups is 1. The molecule has 1 aromatic carbocycles. The Labute approximate surface area is 189 Å². The first-order valence-corrected chi connectivity index (χ1v) is 11.1. The van der Waals surface area contributed by atoms with Gasteiger partial charge in [-0.3, -0.25) is 9.59 Å². The molecule has 0 radical (unpaired) electrons. The first-order valence-electron chi connectivity index (χ1n) is 11.1. The lowest BCUT2D eigenvalue weighted by atomic mass is 9.69. The second kappa shape index (κ2) is 8.06. The van der Waals surface area contributed by atoms with Gasteiger partial charge < -0.3 is 25.7 Å². The number of ether oxygens (including phenoxy) is 1. The van der Waals surface area contributed by atoms with E-state index in [9.17, 15) is 9.59 Å². The summed E-state index contributed by atoms with van der Waals surface area (Å²) < 4.78 is 23.5. The molecule has 1 aliphatic heterocycles. The summed E-state index contributed by atoms with van der Waals surface area (Å²) in [6, 6.07) is 5.54. The third kappa shape index (κ3) is 3.57. The van der Waals surface area contributed by atoms with E-state index in [2.05, 4.69) is 15.6 Å². The normalized spacial score (nSPS) is 16.1. The third-order valence-electron chi connectivity index (χ3n) is 6.67. The summed E-state index contributed by atoms with van der Waals surface area (Å²) >= 11 is 0. The van der Waals surface area contributed by atoms with Crippen LogP contribution >= 0.6 is 0 Å². The summed E-state index contributed by atoms with van der Waals surface area (Å²) in [5, 5.41) is 6.26. The highest BCUT2D eigenvalue weighted by Gasteiger charge is 2.41. The Kier molecular flexibility index (Phi) is 5.19. The summed E-state index contributed by atoms with van der Waals surface area (Å²) in [4.78, 5) is 29.5. The lowest BCUT2D eigenvalue weighted by Crippen LogP contribution is -2.38. The van der Waals surface area contributed by atoms with E-state index in [1.54, 1.807) is 12.4 Å². The van der Waals surface area contributed by atoms with Gasteiger partial charge in [-0.1, -0.05) is 12.5 Å². The van der Waals surface area contributed by atoms with Gasteiger partial charge in [0.05, 0.1) is 28.8 Å². The fourth-order valence-electron chi connectivity index (χ4n) is 4.75. The van der Waals surface area contributed by atoms with Gasteiger partial charge in [0.2, 0.25) is 5.43 Å². The van der Waals surface area contributed by atoms with Crippen LogP contribution in [0.3, 0.4) is 0 Å². The molecule has 0 atom stereocenters. The monoisotopic (exact) mass is 451 g/mol. The molecular weight excluding hydrogens is 425 g/mol. The first kappa shape index (κ1) is 21.2. The SMILES string of the molecule is CC(=O)c1cn2c3c(c(NCCNc4ccccn4)c(F)c(N)c3c1=O)OCC1(CCC1)C2. The quantitative estimate of drug-likeness (QED) is 0.299. The zero-order valence-corrected chi connectivity index (χ0v) is 18.4. The van der Waals surface area contributed by atoms with Crippen molar-refractivity contribution >= 4 is 33.9 Å². The van der Waals surface area contributed by atoms with Gasteiger partial charge >= 0.3 is 0 Å². The van der Waals surface area contributed by atoms with Crippen LogP contribution in [0.2, 0.25) is 0 Å². The molecule has 1 fully saturated rings. The van der Waals surface area contributed by atoms with Crippen molar-refractivity contribution in [2.75, 3.05) is 36.1 Å². The van der Waals surface area contributed by atoms with E-state index in [1.165, 1.54) is 6.92 Å². The number of hydrogen-bond acceptors (Lipinski definition) is 7. The van der Waals surface area contributed by atoms with E-state index in [0.29, 0.717) is 37.6 Å². The van der Waals surface area contributed by atoms with E-state index >= 15 is 4.39 Å².